The van der Waals surface area contributed by atoms with Gasteiger partial charge in [-0.15, -0.1) is 0 Å². The van der Waals surface area contributed by atoms with Crippen molar-refractivity contribution in [2.24, 2.45) is 0 Å². The minimum Gasteiger partial charge on any atom is -0.496 e. The Labute approximate surface area is 198 Å². The van der Waals surface area contributed by atoms with Crippen LogP contribution < -0.4 is 14.8 Å². The minimum absolute atomic E-state index is 0.0644. The van der Waals surface area contributed by atoms with Gasteiger partial charge in [-0.05, 0) is 66.9 Å². The first-order valence-electron chi connectivity index (χ1n) is 11.3. The number of methoxy groups -OCH3 is 1. The summed E-state index contributed by atoms with van der Waals surface area (Å²) in [6.07, 6.45) is 0.619. The van der Waals surface area contributed by atoms with Crippen LogP contribution in [0, 0.1) is 5.82 Å². The molecule has 2 amide bonds. The molecular formula is C27H27FN2O4. The van der Waals surface area contributed by atoms with Gasteiger partial charge in [0.2, 0.25) is 0 Å². The number of hydrogen-bond donors (Lipinski definition) is 1. The first-order valence-corrected chi connectivity index (χ1v) is 11.3. The molecule has 1 unspecified atom stereocenters. The molecule has 4 rings (SSSR count). The number of carbonyl (C=O) groups excluding carboxylic acids is 2. The molecule has 6 nitrogen and oxygen atoms in total. The highest BCUT2D eigenvalue weighted by atomic mass is 19.1. The molecule has 1 aliphatic heterocycles. The molecule has 176 valence electrons. The molecule has 34 heavy (non-hydrogen) atoms. The maximum absolute atomic E-state index is 13.2. The summed E-state index contributed by atoms with van der Waals surface area (Å²) >= 11 is 0. The van der Waals surface area contributed by atoms with Crippen LogP contribution in [0.25, 0.3) is 0 Å². The first kappa shape index (κ1) is 23.3. The van der Waals surface area contributed by atoms with Gasteiger partial charge in [0.05, 0.1) is 7.11 Å². The van der Waals surface area contributed by atoms with Gasteiger partial charge in [0.15, 0.2) is 6.10 Å². The fourth-order valence-corrected chi connectivity index (χ4v) is 4.00. The van der Waals surface area contributed by atoms with Crippen LogP contribution in [0.1, 0.15) is 34.8 Å². The number of nitrogens with one attached hydrogen (secondary N) is 1. The third-order valence-electron chi connectivity index (χ3n) is 5.86. The van der Waals surface area contributed by atoms with Crippen LogP contribution in [0.3, 0.4) is 0 Å². The average Bonchev–Trinajstić information content (AvgIpc) is 2.99. The fraction of sp³-hybridized carbons (Fsp3) is 0.259. The molecule has 3 aromatic rings. The third-order valence-corrected chi connectivity index (χ3v) is 5.86. The molecule has 0 saturated heterocycles. The number of halogens is 1. The van der Waals surface area contributed by atoms with Gasteiger partial charge >= 0.3 is 0 Å². The molecule has 0 fully saturated rings. The molecule has 1 N–H and O–H groups in total. The predicted octanol–water partition coefficient (Wildman–Crippen LogP) is 4.83. The molecule has 0 saturated carbocycles. The van der Waals surface area contributed by atoms with E-state index < -0.39 is 11.9 Å². The molecule has 3 aromatic carbocycles. The fourth-order valence-electron chi connectivity index (χ4n) is 4.00. The van der Waals surface area contributed by atoms with E-state index in [2.05, 4.69) is 5.32 Å². The van der Waals surface area contributed by atoms with Gasteiger partial charge < -0.3 is 19.7 Å². The second kappa shape index (κ2) is 10.4. The smallest absolute Gasteiger partial charge is 0.263 e. The molecule has 0 bridgehead atoms. The van der Waals surface area contributed by atoms with Gasteiger partial charge in [-0.2, -0.15) is 0 Å². The summed E-state index contributed by atoms with van der Waals surface area (Å²) in [5, 5.41) is 2.84. The number of carbonyl (C=O) groups is 2. The molecule has 0 radical (unpaired) electrons. The molecule has 7 heteroatoms. The Kier molecular flexibility index (Phi) is 7.11. The Bertz CT molecular complexity index is 1180. The maximum atomic E-state index is 13.2. The zero-order chi connectivity index (χ0) is 24.1. The van der Waals surface area contributed by atoms with Crippen molar-refractivity contribution in [3.8, 4) is 11.5 Å². The lowest BCUT2D eigenvalue weighted by Crippen LogP contribution is -2.40. The predicted molar refractivity (Wildman–Crippen MR) is 128 cm³/mol. The number of nitrogens with zero attached hydrogens (tertiary/aromatic N) is 1. The summed E-state index contributed by atoms with van der Waals surface area (Å²) < 4.78 is 24.6. The summed E-state index contributed by atoms with van der Waals surface area (Å²) in [5.41, 5.74) is 2.76. The molecule has 1 aliphatic rings. The first-order chi connectivity index (χ1) is 16.5. The van der Waals surface area contributed by atoms with Gasteiger partial charge in [-0.1, -0.05) is 25.1 Å². The van der Waals surface area contributed by atoms with E-state index in [0.29, 0.717) is 42.9 Å². The van der Waals surface area contributed by atoms with E-state index in [1.807, 2.05) is 37.3 Å². The Hall–Kier alpha value is -3.87. The second-order valence-electron chi connectivity index (χ2n) is 8.12. The normalized spacial score (nSPS) is 15.2. The van der Waals surface area contributed by atoms with Crippen LogP contribution in [-0.4, -0.2) is 36.5 Å². The number of benzene rings is 3. The molecule has 0 aliphatic carbocycles. The molecule has 1 heterocycles. The van der Waals surface area contributed by atoms with Crippen molar-refractivity contribution in [2.45, 2.75) is 32.4 Å². The average molecular weight is 463 g/mol. The molecule has 1 atom stereocenters. The van der Waals surface area contributed by atoms with Gasteiger partial charge in [-0.3, -0.25) is 9.59 Å². The third kappa shape index (κ3) is 5.20. The Balaban J connectivity index is 1.54. The van der Waals surface area contributed by atoms with Crippen molar-refractivity contribution in [1.29, 1.82) is 0 Å². The number of amides is 2. The van der Waals surface area contributed by atoms with E-state index in [0.717, 1.165) is 16.9 Å². The Morgan fingerprint density at radius 1 is 1.15 bits per heavy atom. The van der Waals surface area contributed by atoms with Crippen LogP contribution in [0.15, 0.2) is 66.7 Å². The Morgan fingerprint density at radius 3 is 2.65 bits per heavy atom. The van der Waals surface area contributed by atoms with E-state index in [4.69, 9.17) is 9.47 Å². The van der Waals surface area contributed by atoms with Crippen molar-refractivity contribution < 1.29 is 23.5 Å². The quantitative estimate of drug-likeness (QED) is 0.546. The number of para-hydroxylation sites is 1. The largest absolute Gasteiger partial charge is 0.496 e. The Morgan fingerprint density at radius 2 is 1.91 bits per heavy atom. The highest BCUT2D eigenvalue weighted by molar-refractivity contribution is 6.04. The van der Waals surface area contributed by atoms with Crippen LogP contribution in [-0.2, 0) is 17.8 Å². The van der Waals surface area contributed by atoms with Gasteiger partial charge in [0.1, 0.15) is 17.3 Å². The van der Waals surface area contributed by atoms with E-state index in [1.165, 1.54) is 24.3 Å². The molecule has 0 spiro atoms. The van der Waals surface area contributed by atoms with Gasteiger partial charge in [-0.25, -0.2) is 4.39 Å². The minimum atomic E-state index is -0.571. The number of fused-ring (bicyclic) bond motifs is 1. The van der Waals surface area contributed by atoms with Crippen molar-refractivity contribution in [1.82, 2.24) is 4.90 Å². The monoisotopic (exact) mass is 462 g/mol. The summed E-state index contributed by atoms with van der Waals surface area (Å²) in [4.78, 5) is 27.5. The number of hydrogen-bond acceptors (Lipinski definition) is 4. The summed E-state index contributed by atoms with van der Waals surface area (Å²) in [6.45, 7) is 2.79. The standard InChI is InChI=1S/C27H27FN2O4/c1-3-23-27(32)30(15-14-18-6-4-5-7-24(18)33-2)17-20-16-22(12-13-25(20)34-23)29-26(31)19-8-10-21(28)11-9-19/h4-13,16,23H,3,14-15,17H2,1-2H3,(H,29,31). The number of rotatable bonds is 7. The van der Waals surface area contributed by atoms with E-state index in [9.17, 15) is 14.0 Å². The summed E-state index contributed by atoms with van der Waals surface area (Å²) in [5.74, 6) is 0.608. The molecule has 0 aromatic heterocycles. The topological polar surface area (TPSA) is 67.9 Å². The number of anilines is 1. The van der Waals surface area contributed by atoms with Gasteiger partial charge in [0.25, 0.3) is 11.8 Å². The van der Waals surface area contributed by atoms with Crippen molar-refractivity contribution in [3.05, 3.63) is 89.2 Å². The van der Waals surface area contributed by atoms with Crippen LogP contribution in [0.5, 0.6) is 11.5 Å². The van der Waals surface area contributed by atoms with E-state index in [1.54, 1.807) is 24.1 Å². The zero-order valence-corrected chi connectivity index (χ0v) is 19.2. The van der Waals surface area contributed by atoms with Crippen LogP contribution in [0.4, 0.5) is 10.1 Å². The lowest BCUT2D eigenvalue weighted by atomic mass is 10.1. The molecular weight excluding hydrogens is 435 g/mol. The van der Waals surface area contributed by atoms with E-state index in [-0.39, 0.29) is 11.8 Å². The lowest BCUT2D eigenvalue weighted by Gasteiger charge is -2.23. The van der Waals surface area contributed by atoms with Crippen molar-refractivity contribution in [2.75, 3.05) is 19.0 Å². The van der Waals surface area contributed by atoms with E-state index >= 15 is 0 Å². The highest BCUT2D eigenvalue weighted by Crippen LogP contribution is 2.30. The SMILES string of the molecule is CCC1Oc2ccc(NC(=O)c3ccc(F)cc3)cc2CN(CCc2ccccc2OC)C1=O. The summed E-state index contributed by atoms with van der Waals surface area (Å²) in [6, 6.07) is 18.4. The van der Waals surface area contributed by atoms with Crippen molar-refractivity contribution in [3.63, 3.8) is 0 Å². The maximum Gasteiger partial charge on any atom is 0.263 e. The van der Waals surface area contributed by atoms with Gasteiger partial charge in [0, 0.05) is 29.9 Å². The second-order valence-corrected chi connectivity index (χ2v) is 8.12. The van der Waals surface area contributed by atoms with Crippen LogP contribution >= 0.6 is 0 Å². The number of ether oxygens (including phenoxy) is 2. The summed E-state index contributed by atoms with van der Waals surface area (Å²) in [7, 11) is 1.63. The highest BCUT2D eigenvalue weighted by Gasteiger charge is 2.30. The lowest BCUT2D eigenvalue weighted by molar-refractivity contribution is -0.138. The van der Waals surface area contributed by atoms with Crippen LogP contribution in [0.2, 0.25) is 0 Å². The zero-order valence-electron chi connectivity index (χ0n) is 19.2. The van der Waals surface area contributed by atoms with Crippen molar-refractivity contribution >= 4 is 17.5 Å².